The maximum atomic E-state index is 4.49. The third-order valence-corrected chi connectivity index (χ3v) is 5.33. The van der Waals surface area contributed by atoms with Crippen LogP contribution in [0, 0.1) is 0 Å². The molecule has 0 atom stereocenters. The number of aryl methyl sites for hydroxylation is 1. The highest BCUT2D eigenvalue weighted by Crippen LogP contribution is 2.34. The third kappa shape index (κ3) is 2.84. The highest BCUT2D eigenvalue weighted by Gasteiger charge is 2.29. The highest BCUT2D eigenvalue weighted by atomic mass is 15.3. The van der Waals surface area contributed by atoms with Crippen LogP contribution in [0.3, 0.4) is 0 Å². The van der Waals surface area contributed by atoms with E-state index in [2.05, 4.69) is 93.0 Å². The molecule has 4 heteroatoms. The Kier molecular flexibility index (Phi) is 3.74. The molecule has 0 aliphatic carbocycles. The largest absolute Gasteiger partial charge is 0.268 e. The van der Waals surface area contributed by atoms with Crippen LogP contribution in [-0.2, 0) is 17.9 Å². The molecule has 2 heterocycles. The van der Waals surface area contributed by atoms with Gasteiger partial charge in [0.1, 0.15) is 5.52 Å². The number of hydrogen-bond acceptors (Lipinski definition) is 1. The van der Waals surface area contributed by atoms with Gasteiger partial charge in [0, 0.05) is 24.1 Å². The van der Waals surface area contributed by atoms with Crippen molar-refractivity contribution in [2.45, 2.75) is 52.4 Å². The molecule has 27 heavy (non-hydrogen) atoms. The van der Waals surface area contributed by atoms with Crippen LogP contribution < -0.4 is 4.68 Å². The van der Waals surface area contributed by atoms with E-state index in [1.165, 1.54) is 27.6 Å². The number of aromatic nitrogens is 4. The molecule has 0 fully saturated rings. The summed E-state index contributed by atoms with van der Waals surface area (Å²) in [5, 5.41) is 10.6. The molecule has 0 aliphatic heterocycles. The third-order valence-electron chi connectivity index (χ3n) is 5.33. The molecule has 1 N–H and O–H groups in total. The molecule has 2 aromatic heterocycles. The number of aromatic amines is 1. The summed E-state index contributed by atoms with van der Waals surface area (Å²) in [5.74, 6) is 0. The standard InChI is InChI=1S/C23H28N4/c1-22(2,3)17-9-8-10-18-16(17)14-27(25-18)20-12-11-19-15(13-24-26(19)7)21(20)23(4,5)6/h8-14H,1-7H3/p+1. The van der Waals surface area contributed by atoms with Crippen molar-refractivity contribution in [1.29, 1.82) is 0 Å². The van der Waals surface area contributed by atoms with E-state index in [9.17, 15) is 0 Å². The van der Waals surface area contributed by atoms with Crippen LogP contribution in [0.1, 0.15) is 52.7 Å². The Hall–Kier alpha value is -2.62. The SMILES string of the molecule is Cn1ncc2c(C(C)(C)C)c(-[n+]3cc4c(C(C)(C)C)cccc4[nH]3)ccc21. The number of nitrogens with zero attached hydrogens (tertiary/aromatic N) is 3. The molecular formula is C23H29N4+. The van der Waals surface area contributed by atoms with Crippen molar-refractivity contribution in [3.63, 3.8) is 0 Å². The van der Waals surface area contributed by atoms with Crippen molar-refractivity contribution >= 4 is 21.8 Å². The summed E-state index contributed by atoms with van der Waals surface area (Å²) >= 11 is 0. The minimum Gasteiger partial charge on any atom is -0.268 e. The van der Waals surface area contributed by atoms with Crippen molar-refractivity contribution in [3.8, 4) is 5.69 Å². The van der Waals surface area contributed by atoms with E-state index in [4.69, 9.17) is 0 Å². The molecule has 4 nitrogen and oxygen atoms in total. The average molecular weight is 362 g/mol. The zero-order valence-electron chi connectivity index (χ0n) is 17.4. The van der Waals surface area contributed by atoms with Gasteiger partial charge in [-0.3, -0.25) is 4.68 Å². The average Bonchev–Trinajstić information content (AvgIpc) is 3.15. The van der Waals surface area contributed by atoms with Crippen molar-refractivity contribution in [3.05, 3.63) is 53.9 Å². The molecule has 0 unspecified atom stereocenters. The first kappa shape index (κ1) is 17.8. The molecule has 0 amide bonds. The summed E-state index contributed by atoms with van der Waals surface area (Å²) in [7, 11) is 2.00. The lowest BCUT2D eigenvalue weighted by Gasteiger charge is -2.20. The Labute approximate surface area is 160 Å². The fraction of sp³-hybridized carbons (Fsp3) is 0.391. The van der Waals surface area contributed by atoms with Gasteiger partial charge >= 0.3 is 0 Å². The molecule has 0 bridgehead atoms. The molecular weight excluding hydrogens is 332 g/mol. The van der Waals surface area contributed by atoms with Gasteiger partial charge in [-0.2, -0.15) is 10.2 Å². The molecule has 0 aliphatic rings. The van der Waals surface area contributed by atoms with Crippen LogP contribution in [-0.4, -0.2) is 14.9 Å². The van der Waals surface area contributed by atoms with Crippen molar-refractivity contribution in [1.82, 2.24) is 14.9 Å². The van der Waals surface area contributed by atoms with E-state index in [0.717, 1.165) is 11.0 Å². The molecule has 0 saturated heterocycles. The van der Waals surface area contributed by atoms with Gasteiger partial charge in [0.25, 0.3) is 0 Å². The lowest BCUT2D eigenvalue weighted by molar-refractivity contribution is -0.653. The summed E-state index contributed by atoms with van der Waals surface area (Å²) in [6.07, 6.45) is 4.23. The van der Waals surface area contributed by atoms with Gasteiger partial charge < -0.3 is 0 Å². The van der Waals surface area contributed by atoms with Gasteiger partial charge in [-0.1, -0.05) is 58.4 Å². The lowest BCUT2D eigenvalue weighted by atomic mass is 9.83. The molecule has 4 aromatic rings. The molecule has 2 aromatic carbocycles. The van der Waals surface area contributed by atoms with Gasteiger partial charge in [-0.15, -0.1) is 0 Å². The molecule has 140 valence electrons. The van der Waals surface area contributed by atoms with Gasteiger partial charge in [0.2, 0.25) is 11.9 Å². The van der Waals surface area contributed by atoms with Crippen LogP contribution >= 0.6 is 0 Å². The number of fused-ring (bicyclic) bond motifs is 2. The van der Waals surface area contributed by atoms with Crippen LogP contribution in [0.15, 0.2) is 42.7 Å². The zero-order chi connectivity index (χ0) is 19.6. The molecule has 4 rings (SSSR count). The Morgan fingerprint density at radius 3 is 2.33 bits per heavy atom. The number of H-pyrrole nitrogens is 1. The van der Waals surface area contributed by atoms with E-state index in [0.29, 0.717) is 0 Å². The van der Waals surface area contributed by atoms with Crippen LogP contribution in [0.25, 0.3) is 27.5 Å². The fourth-order valence-corrected chi connectivity index (χ4v) is 4.08. The van der Waals surface area contributed by atoms with Gasteiger partial charge in [-0.25, -0.2) is 0 Å². The van der Waals surface area contributed by atoms with Crippen molar-refractivity contribution in [2.24, 2.45) is 7.05 Å². The zero-order valence-corrected chi connectivity index (χ0v) is 17.4. The van der Waals surface area contributed by atoms with Gasteiger partial charge in [-0.05, 0) is 28.5 Å². The molecule has 0 radical (unpaired) electrons. The first-order valence-electron chi connectivity index (χ1n) is 9.57. The van der Waals surface area contributed by atoms with Crippen LogP contribution in [0.2, 0.25) is 0 Å². The second-order valence-electron chi connectivity index (χ2n) is 9.54. The summed E-state index contributed by atoms with van der Waals surface area (Å²) in [6.45, 7) is 13.6. The summed E-state index contributed by atoms with van der Waals surface area (Å²) in [5.41, 5.74) is 6.26. The predicted molar refractivity (Wildman–Crippen MR) is 112 cm³/mol. The highest BCUT2D eigenvalue weighted by molar-refractivity contribution is 5.86. The Bertz CT molecular complexity index is 1150. The first-order chi connectivity index (χ1) is 12.6. The van der Waals surface area contributed by atoms with E-state index >= 15 is 0 Å². The van der Waals surface area contributed by atoms with Crippen molar-refractivity contribution < 1.29 is 4.68 Å². The number of nitrogens with one attached hydrogen (secondary N) is 1. The van der Waals surface area contributed by atoms with Gasteiger partial charge in [0.05, 0.1) is 17.1 Å². The second kappa shape index (κ2) is 5.69. The van der Waals surface area contributed by atoms with E-state index < -0.39 is 0 Å². The normalized spacial score (nSPS) is 13.0. The maximum Gasteiger partial charge on any atom is 0.240 e. The summed E-state index contributed by atoms with van der Waals surface area (Å²) in [6, 6.07) is 10.9. The van der Waals surface area contributed by atoms with Gasteiger partial charge in [0.15, 0.2) is 0 Å². The first-order valence-corrected chi connectivity index (χ1v) is 9.57. The second-order valence-corrected chi connectivity index (χ2v) is 9.54. The van der Waals surface area contributed by atoms with E-state index in [1.54, 1.807) is 0 Å². The smallest absolute Gasteiger partial charge is 0.240 e. The maximum absolute atomic E-state index is 4.49. The Morgan fingerprint density at radius 2 is 1.67 bits per heavy atom. The molecule has 0 spiro atoms. The summed E-state index contributed by atoms with van der Waals surface area (Å²) < 4.78 is 4.12. The minimum atomic E-state index is -0.00493. The number of hydrogen-bond donors (Lipinski definition) is 1. The fourth-order valence-electron chi connectivity index (χ4n) is 4.08. The van der Waals surface area contributed by atoms with E-state index in [-0.39, 0.29) is 10.8 Å². The van der Waals surface area contributed by atoms with E-state index in [1.807, 2.05) is 17.9 Å². The number of benzene rings is 2. The topological polar surface area (TPSA) is 37.5 Å². The van der Waals surface area contributed by atoms with Crippen LogP contribution in [0.5, 0.6) is 0 Å². The Balaban J connectivity index is 2.03. The Morgan fingerprint density at radius 1 is 0.926 bits per heavy atom. The van der Waals surface area contributed by atoms with Crippen molar-refractivity contribution in [2.75, 3.05) is 0 Å². The quantitative estimate of drug-likeness (QED) is 0.480. The molecule has 0 saturated carbocycles. The summed E-state index contributed by atoms with van der Waals surface area (Å²) in [4.78, 5) is 0. The monoisotopic (exact) mass is 361 g/mol. The lowest BCUT2D eigenvalue weighted by Crippen LogP contribution is -2.35. The van der Waals surface area contributed by atoms with Crippen LogP contribution in [0.4, 0.5) is 0 Å². The number of rotatable bonds is 1. The minimum absolute atomic E-state index is 0.00493. The predicted octanol–water partition coefficient (Wildman–Crippen LogP) is 4.93.